The van der Waals surface area contributed by atoms with Crippen LogP contribution in [0, 0.1) is 0 Å². The van der Waals surface area contributed by atoms with Crippen LogP contribution in [-0.4, -0.2) is 89.0 Å². The van der Waals surface area contributed by atoms with Gasteiger partial charge in [-0.25, -0.2) is 0 Å². The zero-order valence-electron chi connectivity index (χ0n) is 35.0. The number of hydrogen-bond acceptors (Lipinski definition) is 10. The molecule has 324 valence electrons. The van der Waals surface area contributed by atoms with Crippen LogP contribution in [0.4, 0.5) is 0 Å². The van der Waals surface area contributed by atoms with Crippen LogP contribution < -0.4 is 0 Å². The Morgan fingerprint density at radius 3 is 1.70 bits per heavy atom. The molecule has 1 aliphatic rings. The van der Waals surface area contributed by atoms with Crippen LogP contribution in [0.3, 0.4) is 0 Å². The molecule has 57 heavy (non-hydrogen) atoms. The van der Waals surface area contributed by atoms with Gasteiger partial charge in [-0.2, -0.15) is 0 Å². The van der Waals surface area contributed by atoms with Gasteiger partial charge in [0.2, 0.25) is 0 Å². The van der Waals surface area contributed by atoms with E-state index in [2.05, 4.69) is 92.8 Å². The predicted octanol–water partition coefficient (Wildman–Crippen LogP) is 8.99. The molecule has 2 unspecified atom stereocenters. The molecule has 6 atom stereocenters. The van der Waals surface area contributed by atoms with Gasteiger partial charge >= 0.3 is 11.9 Å². The molecule has 1 heterocycles. The van der Waals surface area contributed by atoms with Gasteiger partial charge in [0.25, 0.3) is 0 Å². The normalized spacial score (nSPS) is 21.1. The second-order valence-corrected chi connectivity index (χ2v) is 14.4. The van der Waals surface area contributed by atoms with E-state index in [1.807, 2.05) is 6.08 Å². The van der Waals surface area contributed by atoms with E-state index in [9.17, 15) is 30.0 Å². The van der Waals surface area contributed by atoms with Gasteiger partial charge in [-0.15, -0.1) is 0 Å². The number of unbranched alkanes of at least 4 members (excludes halogenated alkanes) is 10. The lowest BCUT2D eigenvalue weighted by atomic mass is 9.99. The number of aliphatic hydroxyl groups excluding tert-OH is 4. The molecule has 0 aromatic rings. The highest BCUT2D eigenvalue weighted by Gasteiger charge is 2.44. The third-order valence-corrected chi connectivity index (χ3v) is 9.29. The van der Waals surface area contributed by atoms with Crippen LogP contribution in [0.25, 0.3) is 0 Å². The molecule has 0 radical (unpaired) electrons. The SMILES string of the molecule is CC/C=C/C/C=C/C/C=C/C/C=C/C/C=C/CCCC(=O)O[C@H](COC(=O)CCCCCCC/C=C/C=C/CCCCCC)CO[C@@H]1O[C@H](CO)[C@H](O)C(O)C1O. The van der Waals surface area contributed by atoms with Crippen molar-refractivity contribution in [3.63, 3.8) is 0 Å². The molecule has 1 aliphatic heterocycles. The van der Waals surface area contributed by atoms with Crippen LogP contribution in [-0.2, 0) is 28.5 Å². The third kappa shape index (κ3) is 28.9. The first-order valence-electron chi connectivity index (χ1n) is 21.7. The molecule has 1 rings (SSSR count). The average Bonchev–Trinajstić information content (AvgIpc) is 3.21. The maximum absolute atomic E-state index is 12.7. The minimum absolute atomic E-state index is 0.143. The van der Waals surface area contributed by atoms with Crippen molar-refractivity contribution in [2.24, 2.45) is 0 Å². The standard InChI is InChI=1S/C47H76O10/c1-3-5-7-9-11-13-15-17-19-20-22-24-26-28-30-32-34-36-43(50)56-40(39-55-47-46(53)45(52)44(51)41(37-48)57-47)38-54-42(49)35-33-31-29-27-25-23-21-18-16-14-12-10-8-6-4-2/h5,7,11,13-14,16-19,21-22,24,28,30,40-41,44-48,51-53H,3-4,6,8-10,12,15,20,23,25-27,29,31-39H2,1-2H3/b7-5+,13-11+,16-14+,19-17+,21-18+,24-22+,30-28+/t40-,41-,44+,45?,46?,47-/m1/s1. The van der Waals surface area contributed by atoms with E-state index in [0.29, 0.717) is 19.3 Å². The lowest BCUT2D eigenvalue weighted by Gasteiger charge is -2.39. The summed E-state index contributed by atoms with van der Waals surface area (Å²) >= 11 is 0. The molecule has 0 saturated carbocycles. The Kier molecular flexibility index (Phi) is 33.8. The molecule has 0 bridgehead atoms. The summed E-state index contributed by atoms with van der Waals surface area (Å²) in [7, 11) is 0. The second-order valence-electron chi connectivity index (χ2n) is 14.4. The zero-order valence-corrected chi connectivity index (χ0v) is 35.0. The lowest BCUT2D eigenvalue weighted by Crippen LogP contribution is -2.59. The number of hydrogen-bond donors (Lipinski definition) is 4. The molecule has 4 N–H and O–H groups in total. The summed E-state index contributed by atoms with van der Waals surface area (Å²) in [6.45, 7) is 3.19. The molecule has 0 amide bonds. The van der Waals surface area contributed by atoms with Gasteiger partial charge in [0, 0.05) is 12.8 Å². The lowest BCUT2D eigenvalue weighted by molar-refractivity contribution is -0.305. The zero-order chi connectivity index (χ0) is 41.6. The monoisotopic (exact) mass is 801 g/mol. The van der Waals surface area contributed by atoms with Gasteiger partial charge < -0.3 is 39.4 Å². The maximum atomic E-state index is 12.7. The molecule has 0 aliphatic carbocycles. The van der Waals surface area contributed by atoms with Gasteiger partial charge in [-0.1, -0.05) is 137 Å². The van der Waals surface area contributed by atoms with E-state index in [-0.39, 0.29) is 26.1 Å². The highest BCUT2D eigenvalue weighted by molar-refractivity contribution is 5.70. The summed E-state index contributed by atoms with van der Waals surface area (Å²) in [4.78, 5) is 25.3. The molecule has 1 saturated heterocycles. The summed E-state index contributed by atoms with van der Waals surface area (Å²) in [5.74, 6) is -0.902. The number of carbonyl (C=O) groups excluding carboxylic acids is 2. The van der Waals surface area contributed by atoms with E-state index >= 15 is 0 Å². The Morgan fingerprint density at radius 2 is 1.11 bits per heavy atom. The quantitative estimate of drug-likeness (QED) is 0.0215. The summed E-state index contributed by atoms with van der Waals surface area (Å²) < 4.78 is 22.0. The number of aliphatic hydroxyl groups is 4. The van der Waals surface area contributed by atoms with Crippen molar-refractivity contribution in [1.29, 1.82) is 0 Å². The first kappa shape index (κ1) is 51.9. The van der Waals surface area contributed by atoms with Crippen molar-refractivity contribution in [3.05, 3.63) is 85.1 Å². The average molecular weight is 801 g/mol. The Hall–Kier alpha value is -3.12. The first-order chi connectivity index (χ1) is 27.8. The largest absolute Gasteiger partial charge is 0.462 e. The minimum atomic E-state index is -1.61. The Labute approximate surface area is 344 Å². The van der Waals surface area contributed by atoms with E-state index < -0.39 is 55.4 Å². The number of esters is 2. The topological polar surface area (TPSA) is 152 Å². The summed E-state index contributed by atoms with van der Waals surface area (Å²) in [6.07, 6.45) is 40.2. The molecule has 0 aromatic heterocycles. The van der Waals surface area contributed by atoms with Crippen molar-refractivity contribution in [3.8, 4) is 0 Å². The summed E-state index contributed by atoms with van der Waals surface area (Å²) in [5, 5.41) is 40.0. The predicted molar refractivity (Wildman–Crippen MR) is 228 cm³/mol. The third-order valence-electron chi connectivity index (χ3n) is 9.29. The van der Waals surface area contributed by atoms with Gasteiger partial charge in [-0.3, -0.25) is 9.59 Å². The van der Waals surface area contributed by atoms with Crippen LogP contribution in [0.15, 0.2) is 85.1 Å². The van der Waals surface area contributed by atoms with Crippen molar-refractivity contribution in [2.45, 2.75) is 179 Å². The van der Waals surface area contributed by atoms with Crippen LogP contribution in [0.2, 0.25) is 0 Å². The number of rotatable bonds is 34. The number of allylic oxidation sites excluding steroid dienone is 14. The van der Waals surface area contributed by atoms with Crippen LogP contribution in [0.1, 0.15) is 142 Å². The molecular weight excluding hydrogens is 725 g/mol. The number of ether oxygens (including phenoxy) is 4. The fourth-order valence-electron chi connectivity index (χ4n) is 5.86. The molecular formula is C47H76O10. The Bertz CT molecular complexity index is 1200. The molecule has 1 fully saturated rings. The van der Waals surface area contributed by atoms with E-state index in [0.717, 1.165) is 70.6 Å². The van der Waals surface area contributed by atoms with Crippen molar-refractivity contribution in [1.82, 2.24) is 0 Å². The van der Waals surface area contributed by atoms with E-state index in [4.69, 9.17) is 18.9 Å². The van der Waals surface area contributed by atoms with E-state index in [1.54, 1.807) is 0 Å². The van der Waals surface area contributed by atoms with Crippen LogP contribution >= 0.6 is 0 Å². The minimum Gasteiger partial charge on any atom is -0.462 e. The molecule has 0 aromatic carbocycles. The van der Waals surface area contributed by atoms with Crippen LogP contribution in [0.5, 0.6) is 0 Å². The fourth-order valence-corrected chi connectivity index (χ4v) is 5.86. The summed E-state index contributed by atoms with van der Waals surface area (Å²) in [5.41, 5.74) is 0. The summed E-state index contributed by atoms with van der Waals surface area (Å²) in [6, 6.07) is 0. The molecule has 10 nitrogen and oxygen atoms in total. The maximum Gasteiger partial charge on any atom is 0.306 e. The first-order valence-corrected chi connectivity index (χ1v) is 21.7. The van der Waals surface area contributed by atoms with Gasteiger partial charge in [0.05, 0.1) is 13.2 Å². The number of carbonyl (C=O) groups is 2. The highest BCUT2D eigenvalue weighted by atomic mass is 16.7. The Morgan fingerprint density at radius 1 is 0.579 bits per heavy atom. The van der Waals surface area contributed by atoms with Gasteiger partial charge in [0.1, 0.15) is 31.0 Å². The highest BCUT2D eigenvalue weighted by Crippen LogP contribution is 2.22. The molecule has 10 heteroatoms. The van der Waals surface area contributed by atoms with Crippen molar-refractivity contribution >= 4 is 11.9 Å². The smallest absolute Gasteiger partial charge is 0.306 e. The van der Waals surface area contributed by atoms with E-state index in [1.165, 1.54) is 25.7 Å². The van der Waals surface area contributed by atoms with Gasteiger partial charge in [0.15, 0.2) is 12.4 Å². The fraction of sp³-hybridized carbons (Fsp3) is 0.660. The Balaban J connectivity index is 2.42. The van der Waals surface area contributed by atoms with Gasteiger partial charge in [-0.05, 0) is 77.0 Å². The van der Waals surface area contributed by atoms with Crippen molar-refractivity contribution in [2.75, 3.05) is 19.8 Å². The second kappa shape index (κ2) is 37.2. The van der Waals surface area contributed by atoms with Crippen molar-refractivity contribution < 1.29 is 49.0 Å². The molecule has 0 spiro atoms.